The van der Waals surface area contributed by atoms with Gasteiger partial charge < -0.3 is 29.1 Å². The first-order valence-corrected chi connectivity index (χ1v) is 7.74. The number of carbonyl (C=O) groups excluding carboxylic acids is 1. The summed E-state index contributed by atoms with van der Waals surface area (Å²) in [5.41, 5.74) is 7.16. The summed E-state index contributed by atoms with van der Waals surface area (Å²) in [6.07, 6.45) is 0. The molecule has 0 aliphatic rings. The average Bonchev–Trinajstić information content (AvgIpc) is 3.01. The lowest BCUT2D eigenvalue weighted by atomic mass is 10.1. The lowest BCUT2D eigenvalue weighted by molar-refractivity contribution is 0.101. The number of nitrogen functional groups attached to an aromatic ring is 1. The van der Waals surface area contributed by atoms with Gasteiger partial charge in [0.05, 0.1) is 34.1 Å². The summed E-state index contributed by atoms with van der Waals surface area (Å²) in [4.78, 5) is 13.0. The Balaban J connectivity index is 2.12. The van der Waals surface area contributed by atoms with Gasteiger partial charge in [0, 0.05) is 17.0 Å². The lowest BCUT2D eigenvalue weighted by Crippen LogP contribution is -2.05. The predicted octanol–water partition coefficient (Wildman–Crippen LogP) is 3.28. The van der Waals surface area contributed by atoms with Crippen molar-refractivity contribution in [1.82, 2.24) is 0 Å². The fraction of sp³-hybridized carbons (Fsp3) is 0.211. The van der Waals surface area contributed by atoms with E-state index in [0.717, 1.165) is 0 Å². The number of benzene rings is 2. The SMILES string of the molecule is COc1ccc2c(N)c(C(=O)c3cc(OC)c(OC)c(OC)c3)oc2c1. The molecule has 0 spiro atoms. The summed E-state index contributed by atoms with van der Waals surface area (Å²) >= 11 is 0. The van der Waals surface area contributed by atoms with Gasteiger partial charge in [-0.05, 0) is 24.3 Å². The fourth-order valence-corrected chi connectivity index (χ4v) is 2.74. The minimum Gasteiger partial charge on any atom is -0.497 e. The van der Waals surface area contributed by atoms with Crippen molar-refractivity contribution < 1.29 is 28.2 Å². The van der Waals surface area contributed by atoms with Crippen molar-refractivity contribution in [2.75, 3.05) is 34.2 Å². The van der Waals surface area contributed by atoms with E-state index in [1.165, 1.54) is 21.3 Å². The number of hydrogen-bond donors (Lipinski definition) is 1. The smallest absolute Gasteiger partial charge is 0.230 e. The van der Waals surface area contributed by atoms with Crippen molar-refractivity contribution in [3.8, 4) is 23.0 Å². The first-order valence-electron chi connectivity index (χ1n) is 7.74. The molecular weight excluding hydrogens is 338 g/mol. The second-order valence-corrected chi connectivity index (χ2v) is 5.45. The summed E-state index contributed by atoms with van der Waals surface area (Å²) < 4.78 is 26.7. The van der Waals surface area contributed by atoms with Crippen LogP contribution in [0.5, 0.6) is 23.0 Å². The van der Waals surface area contributed by atoms with Crippen LogP contribution in [0, 0.1) is 0 Å². The van der Waals surface area contributed by atoms with E-state index < -0.39 is 5.78 Å². The van der Waals surface area contributed by atoms with Gasteiger partial charge >= 0.3 is 0 Å². The molecule has 0 bridgehead atoms. The maximum Gasteiger partial charge on any atom is 0.230 e. The van der Waals surface area contributed by atoms with Crippen molar-refractivity contribution in [2.24, 2.45) is 0 Å². The summed E-state index contributed by atoms with van der Waals surface area (Å²) in [7, 11) is 6.00. The van der Waals surface area contributed by atoms with Gasteiger partial charge in [-0.1, -0.05) is 0 Å². The summed E-state index contributed by atoms with van der Waals surface area (Å²) in [6, 6.07) is 8.28. The first-order chi connectivity index (χ1) is 12.5. The number of hydrogen-bond acceptors (Lipinski definition) is 7. The molecule has 0 unspecified atom stereocenters. The number of furan rings is 1. The molecule has 0 fully saturated rings. The van der Waals surface area contributed by atoms with E-state index in [2.05, 4.69) is 0 Å². The molecule has 1 heterocycles. The molecule has 0 saturated carbocycles. The molecule has 136 valence electrons. The quantitative estimate of drug-likeness (QED) is 0.677. The molecule has 7 nitrogen and oxygen atoms in total. The van der Waals surface area contributed by atoms with E-state index in [1.807, 2.05) is 0 Å². The zero-order valence-electron chi connectivity index (χ0n) is 14.9. The second-order valence-electron chi connectivity index (χ2n) is 5.45. The average molecular weight is 357 g/mol. The van der Waals surface area contributed by atoms with Crippen molar-refractivity contribution in [1.29, 1.82) is 0 Å². The number of nitrogens with two attached hydrogens (primary N) is 1. The molecule has 2 N–H and O–H groups in total. The standard InChI is InChI=1S/C19H19NO6/c1-22-11-5-6-12-13(9-11)26-19(16(12)20)17(21)10-7-14(23-2)18(25-4)15(8-10)24-3/h5-9H,20H2,1-4H3. The molecule has 2 aromatic carbocycles. The minimum atomic E-state index is -0.392. The third-order valence-electron chi connectivity index (χ3n) is 4.07. The lowest BCUT2D eigenvalue weighted by Gasteiger charge is -2.13. The largest absolute Gasteiger partial charge is 0.497 e. The number of ketones is 1. The normalized spacial score (nSPS) is 10.6. The van der Waals surface area contributed by atoms with Crippen molar-refractivity contribution in [3.05, 3.63) is 41.7 Å². The van der Waals surface area contributed by atoms with Crippen molar-refractivity contribution in [2.45, 2.75) is 0 Å². The highest BCUT2D eigenvalue weighted by Gasteiger charge is 2.24. The van der Waals surface area contributed by atoms with E-state index >= 15 is 0 Å². The molecule has 3 rings (SSSR count). The maximum absolute atomic E-state index is 13.0. The zero-order valence-corrected chi connectivity index (χ0v) is 14.9. The van der Waals surface area contributed by atoms with Gasteiger partial charge in [-0.3, -0.25) is 4.79 Å². The van der Waals surface area contributed by atoms with Crippen LogP contribution in [0.25, 0.3) is 11.0 Å². The molecule has 0 atom stereocenters. The van der Waals surface area contributed by atoms with Gasteiger partial charge in [-0.15, -0.1) is 0 Å². The molecule has 0 amide bonds. The van der Waals surface area contributed by atoms with Gasteiger partial charge in [-0.2, -0.15) is 0 Å². The Morgan fingerprint density at radius 3 is 2.12 bits per heavy atom. The van der Waals surface area contributed by atoms with Gasteiger partial charge in [-0.25, -0.2) is 0 Å². The Morgan fingerprint density at radius 1 is 0.923 bits per heavy atom. The molecule has 0 aliphatic carbocycles. The van der Waals surface area contributed by atoms with Gasteiger partial charge in [0.1, 0.15) is 11.3 Å². The summed E-state index contributed by atoms with van der Waals surface area (Å²) in [6.45, 7) is 0. The Labute approximate surface area is 150 Å². The number of ether oxygens (including phenoxy) is 4. The second kappa shape index (κ2) is 6.87. The minimum absolute atomic E-state index is 0.0440. The van der Waals surface area contributed by atoms with Crippen LogP contribution in [0.15, 0.2) is 34.7 Å². The van der Waals surface area contributed by atoms with Crippen LogP contribution in [0.3, 0.4) is 0 Å². The van der Waals surface area contributed by atoms with Crippen molar-refractivity contribution >= 4 is 22.4 Å². The Bertz CT molecular complexity index is 951. The van der Waals surface area contributed by atoms with Crippen LogP contribution in [0.4, 0.5) is 5.69 Å². The van der Waals surface area contributed by atoms with Gasteiger partial charge in [0.15, 0.2) is 17.3 Å². The summed E-state index contributed by atoms with van der Waals surface area (Å²) in [5.74, 6) is 1.39. The highest BCUT2D eigenvalue weighted by atomic mass is 16.5. The molecule has 0 saturated heterocycles. The number of methoxy groups -OCH3 is 4. The molecule has 1 aromatic heterocycles. The number of carbonyl (C=O) groups is 1. The highest BCUT2D eigenvalue weighted by molar-refractivity contribution is 6.14. The van der Waals surface area contributed by atoms with Crippen LogP contribution in [-0.4, -0.2) is 34.2 Å². The number of rotatable bonds is 6. The van der Waals surface area contributed by atoms with Gasteiger partial charge in [0.2, 0.25) is 11.5 Å². The molecule has 7 heteroatoms. The maximum atomic E-state index is 13.0. The molecule has 0 radical (unpaired) electrons. The fourth-order valence-electron chi connectivity index (χ4n) is 2.74. The van der Waals surface area contributed by atoms with E-state index in [0.29, 0.717) is 39.5 Å². The number of fused-ring (bicyclic) bond motifs is 1. The van der Waals surface area contributed by atoms with Crippen LogP contribution >= 0.6 is 0 Å². The first kappa shape index (κ1) is 17.5. The topological polar surface area (TPSA) is 93.2 Å². The Kier molecular flexibility index (Phi) is 4.62. The van der Waals surface area contributed by atoms with Gasteiger partial charge in [0.25, 0.3) is 0 Å². The van der Waals surface area contributed by atoms with E-state index in [1.54, 1.807) is 37.4 Å². The molecule has 26 heavy (non-hydrogen) atoms. The van der Waals surface area contributed by atoms with Crippen LogP contribution in [0.2, 0.25) is 0 Å². The molecule has 3 aromatic rings. The highest BCUT2D eigenvalue weighted by Crippen LogP contribution is 2.40. The van der Waals surface area contributed by atoms with Crippen LogP contribution in [-0.2, 0) is 0 Å². The van der Waals surface area contributed by atoms with E-state index in [-0.39, 0.29) is 11.4 Å². The molecular formula is C19H19NO6. The number of anilines is 1. The Hall–Kier alpha value is -3.35. The summed E-state index contributed by atoms with van der Waals surface area (Å²) in [5, 5.41) is 0.640. The van der Waals surface area contributed by atoms with E-state index in [9.17, 15) is 4.79 Å². The third kappa shape index (κ3) is 2.77. The van der Waals surface area contributed by atoms with E-state index in [4.69, 9.17) is 29.1 Å². The molecule has 0 aliphatic heterocycles. The van der Waals surface area contributed by atoms with Crippen LogP contribution in [0.1, 0.15) is 16.1 Å². The zero-order chi connectivity index (χ0) is 18.8. The monoisotopic (exact) mass is 357 g/mol. The Morgan fingerprint density at radius 2 is 1.58 bits per heavy atom. The predicted molar refractivity (Wildman–Crippen MR) is 96.7 cm³/mol. The van der Waals surface area contributed by atoms with Crippen molar-refractivity contribution in [3.63, 3.8) is 0 Å². The van der Waals surface area contributed by atoms with Crippen LogP contribution < -0.4 is 24.7 Å². The third-order valence-corrected chi connectivity index (χ3v) is 4.07.